The first-order valence-electron chi connectivity index (χ1n) is 13.4. The second-order valence-electron chi connectivity index (χ2n) is 13.0. The van der Waals surface area contributed by atoms with Crippen molar-refractivity contribution in [3.8, 4) is 0 Å². The minimum Gasteiger partial charge on any atom is -0.389 e. The van der Waals surface area contributed by atoms with Crippen LogP contribution in [0.2, 0.25) is 0 Å². The first-order chi connectivity index (χ1) is 14.9. The molecule has 3 fully saturated rings. The standard InChI is InChI=1S/C29H48O3/c1-16(2)17(3)8-9-18(4)21-14-25(32)27-26-20(10-12-29(21,27)7)28(6)13-11-23(30)19(5)22(28)15-24(26)31/h16-18,20-25,30-32H,5,8-15H2,1-4,6-7H3/t17-,18-,20+,21-,22+,23+,24-,25-,28-,29-/m1/s1. The van der Waals surface area contributed by atoms with Gasteiger partial charge in [-0.2, -0.15) is 0 Å². The summed E-state index contributed by atoms with van der Waals surface area (Å²) in [6.45, 7) is 18.4. The molecule has 3 heteroatoms. The molecule has 3 saturated carbocycles. The Hall–Kier alpha value is -0.640. The smallest absolute Gasteiger partial charge is 0.0762 e. The third kappa shape index (κ3) is 3.66. The molecule has 4 rings (SSSR count). The molecular formula is C29H48O3. The topological polar surface area (TPSA) is 60.7 Å². The maximum atomic E-state index is 11.4. The third-order valence-electron chi connectivity index (χ3n) is 11.0. The number of aliphatic hydroxyl groups excluding tert-OH is 3. The van der Waals surface area contributed by atoms with Crippen molar-refractivity contribution in [1.82, 2.24) is 0 Å². The number of hydrogen-bond acceptors (Lipinski definition) is 3. The second-order valence-corrected chi connectivity index (χ2v) is 13.0. The van der Waals surface area contributed by atoms with Crippen molar-refractivity contribution in [1.29, 1.82) is 0 Å². The summed E-state index contributed by atoms with van der Waals surface area (Å²) in [5.74, 6) is 2.99. The molecular weight excluding hydrogens is 396 g/mol. The average molecular weight is 445 g/mol. The van der Waals surface area contributed by atoms with Crippen LogP contribution in [0.5, 0.6) is 0 Å². The van der Waals surface area contributed by atoms with E-state index in [0.29, 0.717) is 24.2 Å². The Kier molecular flexibility index (Phi) is 6.53. The zero-order chi connectivity index (χ0) is 23.6. The molecule has 0 heterocycles. The SMILES string of the molecule is C=C1[C@@H](O)CC[C@@]2(C)[C@H]1C[C@@H](O)C1=C3[C@H](O)C[C@H]([C@H](C)CC[C@@H](C)C(C)C)[C@@]3(C)CC[C@@H]12. The van der Waals surface area contributed by atoms with Gasteiger partial charge in [0.15, 0.2) is 0 Å². The highest BCUT2D eigenvalue weighted by atomic mass is 16.3. The molecule has 0 saturated heterocycles. The van der Waals surface area contributed by atoms with E-state index in [1.807, 2.05) is 0 Å². The van der Waals surface area contributed by atoms with E-state index < -0.39 is 18.3 Å². The Bertz CT molecular complexity index is 768. The van der Waals surface area contributed by atoms with E-state index in [1.54, 1.807) is 0 Å². The zero-order valence-corrected chi connectivity index (χ0v) is 21.4. The Balaban J connectivity index is 1.65. The lowest BCUT2D eigenvalue weighted by atomic mass is 9.47. The van der Waals surface area contributed by atoms with Gasteiger partial charge in [-0.05, 0) is 102 Å². The van der Waals surface area contributed by atoms with E-state index in [0.717, 1.165) is 49.5 Å². The molecule has 0 aliphatic heterocycles. The molecule has 4 aliphatic carbocycles. The van der Waals surface area contributed by atoms with Crippen LogP contribution in [-0.4, -0.2) is 33.6 Å². The van der Waals surface area contributed by atoms with E-state index in [4.69, 9.17) is 0 Å². The average Bonchev–Trinajstić information content (AvgIpc) is 3.01. The maximum absolute atomic E-state index is 11.4. The number of rotatable bonds is 5. The summed E-state index contributed by atoms with van der Waals surface area (Å²) in [5.41, 5.74) is 3.34. The lowest BCUT2D eigenvalue weighted by Crippen LogP contribution is -2.53. The molecule has 4 aliphatic rings. The van der Waals surface area contributed by atoms with Gasteiger partial charge in [-0.15, -0.1) is 0 Å². The molecule has 0 unspecified atom stereocenters. The quantitative estimate of drug-likeness (QED) is 0.464. The van der Waals surface area contributed by atoms with Crippen molar-refractivity contribution in [3.05, 3.63) is 23.3 Å². The molecule has 10 atom stereocenters. The molecule has 0 radical (unpaired) electrons. The molecule has 0 spiro atoms. The molecule has 182 valence electrons. The normalized spacial score (nSPS) is 46.0. The summed E-state index contributed by atoms with van der Waals surface area (Å²) in [7, 11) is 0. The van der Waals surface area contributed by atoms with Crippen molar-refractivity contribution in [2.45, 2.75) is 111 Å². The van der Waals surface area contributed by atoms with Crippen molar-refractivity contribution in [2.75, 3.05) is 0 Å². The number of hydrogen-bond donors (Lipinski definition) is 3. The van der Waals surface area contributed by atoms with Gasteiger partial charge in [-0.3, -0.25) is 0 Å². The van der Waals surface area contributed by atoms with Gasteiger partial charge in [0.05, 0.1) is 18.3 Å². The van der Waals surface area contributed by atoms with Crippen LogP contribution >= 0.6 is 0 Å². The van der Waals surface area contributed by atoms with Gasteiger partial charge in [0, 0.05) is 0 Å². The number of fused-ring (bicyclic) bond motifs is 4. The van der Waals surface area contributed by atoms with Crippen LogP contribution in [0.25, 0.3) is 0 Å². The highest BCUT2D eigenvalue weighted by Gasteiger charge is 2.60. The van der Waals surface area contributed by atoms with Gasteiger partial charge in [0.25, 0.3) is 0 Å². The highest BCUT2D eigenvalue weighted by molar-refractivity contribution is 5.41. The van der Waals surface area contributed by atoms with Crippen molar-refractivity contribution in [3.63, 3.8) is 0 Å². The lowest BCUT2D eigenvalue weighted by molar-refractivity contribution is -0.0336. The largest absolute Gasteiger partial charge is 0.389 e. The molecule has 0 aromatic carbocycles. The number of aliphatic hydroxyl groups is 3. The van der Waals surface area contributed by atoms with Gasteiger partial charge in [0.1, 0.15) is 0 Å². The fraction of sp³-hybridized carbons (Fsp3) is 0.862. The molecule has 0 bridgehead atoms. The summed E-state index contributed by atoms with van der Waals surface area (Å²) in [6.07, 6.45) is 6.54. The molecule has 0 amide bonds. The van der Waals surface area contributed by atoms with Gasteiger partial charge < -0.3 is 15.3 Å². The molecule has 0 aromatic heterocycles. The molecule has 3 nitrogen and oxygen atoms in total. The van der Waals surface area contributed by atoms with Gasteiger partial charge in [-0.25, -0.2) is 0 Å². The summed E-state index contributed by atoms with van der Waals surface area (Å²) < 4.78 is 0. The Labute approximate surface area is 196 Å². The predicted octanol–water partition coefficient (Wildman–Crippen LogP) is 5.89. The first-order valence-corrected chi connectivity index (χ1v) is 13.4. The van der Waals surface area contributed by atoms with E-state index in [-0.39, 0.29) is 16.7 Å². The van der Waals surface area contributed by atoms with Crippen LogP contribution in [0.15, 0.2) is 23.3 Å². The van der Waals surface area contributed by atoms with Crippen LogP contribution < -0.4 is 0 Å². The third-order valence-corrected chi connectivity index (χ3v) is 11.0. The summed E-state index contributed by atoms with van der Waals surface area (Å²) >= 11 is 0. The summed E-state index contributed by atoms with van der Waals surface area (Å²) in [5, 5.41) is 33.2. The van der Waals surface area contributed by atoms with E-state index in [9.17, 15) is 15.3 Å². The minimum atomic E-state index is -0.514. The van der Waals surface area contributed by atoms with Crippen molar-refractivity contribution in [2.24, 2.45) is 46.3 Å². The molecule has 3 N–H and O–H groups in total. The van der Waals surface area contributed by atoms with Crippen LogP contribution in [0, 0.1) is 46.3 Å². The fourth-order valence-electron chi connectivity index (χ4n) is 8.50. The monoisotopic (exact) mass is 444 g/mol. The minimum absolute atomic E-state index is 0.00109. The van der Waals surface area contributed by atoms with Gasteiger partial charge in [-0.1, -0.05) is 61.0 Å². The predicted molar refractivity (Wildman–Crippen MR) is 131 cm³/mol. The van der Waals surface area contributed by atoms with Gasteiger partial charge >= 0.3 is 0 Å². The van der Waals surface area contributed by atoms with E-state index in [2.05, 4.69) is 48.1 Å². The zero-order valence-electron chi connectivity index (χ0n) is 21.4. The Morgan fingerprint density at radius 3 is 2.22 bits per heavy atom. The first kappa shape index (κ1) is 24.5. The Morgan fingerprint density at radius 2 is 1.56 bits per heavy atom. The van der Waals surface area contributed by atoms with Crippen LogP contribution in [-0.2, 0) is 0 Å². The summed E-state index contributed by atoms with van der Waals surface area (Å²) in [4.78, 5) is 0. The highest BCUT2D eigenvalue weighted by Crippen LogP contribution is 2.66. The van der Waals surface area contributed by atoms with E-state index in [1.165, 1.54) is 24.0 Å². The van der Waals surface area contributed by atoms with E-state index >= 15 is 0 Å². The van der Waals surface area contributed by atoms with Crippen LogP contribution in [0.1, 0.15) is 92.9 Å². The van der Waals surface area contributed by atoms with Crippen molar-refractivity contribution < 1.29 is 15.3 Å². The fourth-order valence-corrected chi connectivity index (χ4v) is 8.50. The van der Waals surface area contributed by atoms with Crippen LogP contribution in [0.3, 0.4) is 0 Å². The second kappa shape index (κ2) is 8.54. The van der Waals surface area contributed by atoms with Crippen LogP contribution in [0.4, 0.5) is 0 Å². The molecule has 32 heavy (non-hydrogen) atoms. The maximum Gasteiger partial charge on any atom is 0.0762 e. The lowest BCUT2D eigenvalue weighted by Gasteiger charge is -2.58. The Morgan fingerprint density at radius 1 is 0.875 bits per heavy atom. The molecule has 0 aromatic rings. The summed E-state index contributed by atoms with van der Waals surface area (Å²) in [6, 6.07) is 0. The van der Waals surface area contributed by atoms with Gasteiger partial charge in [0.2, 0.25) is 0 Å². The van der Waals surface area contributed by atoms with Crippen molar-refractivity contribution >= 4 is 0 Å².